The van der Waals surface area contributed by atoms with E-state index in [1.165, 1.54) is 0 Å². The third-order valence-corrected chi connectivity index (χ3v) is 4.65. The second-order valence-corrected chi connectivity index (χ2v) is 6.66. The van der Waals surface area contributed by atoms with Crippen molar-refractivity contribution in [1.29, 1.82) is 0 Å². The molecule has 1 aromatic rings. The van der Waals surface area contributed by atoms with E-state index < -0.39 is 12.0 Å². The molecule has 1 aliphatic heterocycles. The van der Waals surface area contributed by atoms with E-state index in [2.05, 4.69) is 15.2 Å². The largest absolute Gasteiger partial charge is 0.480 e. The van der Waals surface area contributed by atoms with Crippen molar-refractivity contribution in [3.63, 3.8) is 0 Å². The number of hydrogen-bond donors (Lipinski definition) is 2. The van der Waals surface area contributed by atoms with E-state index in [-0.39, 0.29) is 24.7 Å². The molecule has 0 aromatic carbocycles. The first-order valence-electron chi connectivity index (χ1n) is 9.47. The molecule has 0 saturated carbocycles. The van der Waals surface area contributed by atoms with Crippen molar-refractivity contribution >= 4 is 23.6 Å². The molecule has 0 bridgehead atoms. The molecule has 1 fully saturated rings. The maximum Gasteiger partial charge on any atom is 0.326 e. The molecule has 1 aromatic heterocycles. The molecule has 0 spiro atoms. The highest BCUT2D eigenvalue weighted by Crippen LogP contribution is 2.13. The second-order valence-electron chi connectivity index (χ2n) is 6.66. The number of aliphatic carboxylic acids is 1. The van der Waals surface area contributed by atoms with Gasteiger partial charge in [-0.2, -0.15) is 0 Å². The summed E-state index contributed by atoms with van der Waals surface area (Å²) in [7, 11) is 0. The van der Waals surface area contributed by atoms with Crippen LogP contribution < -0.4 is 10.2 Å². The number of carbonyl (C=O) groups is 3. The minimum atomic E-state index is -1.03. The number of unbranched alkanes of at least 4 members (excludes halogenated alkanes) is 1. The van der Waals surface area contributed by atoms with Crippen molar-refractivity contribution < 1.29 is 19.5 Å². The van der Waals surface area contributed by atoms with Gasteiger partial charge in [0.2, 0.25) is 11.8 Å². The summed E-state index contributed by atoms with van der Waals surface area (Å²) in [4.78, 5) is 43.7. The van der Waals surface area contributed by atoms with Crippen LogP contribution in [0, 0.1) is 0 Å². The van der Waals surface area contributed by atoms with Gasteiger partial charge in [0.15, 0.2) is 0 Å². The quantitative estimate of drug-likeness (QED) is 0.673. The smallest absolute Gasteiger partial charge is 0.326 e. The Morgan fingerprint density at radius 3 is 2.52 bits per heavy atom. The monoisotopic (exact) mass is 376 g/mol. The molecular formula is C19H28N4O4. The highest BCUT2D eigenvalue weighted by atomic mass is 16.4. The van der Waals surface area contributed by atoms with Crippen LogP contribution >= 0.6 is 0 Å². The van der Waals surface area contributed by atoms with Crippen LogP contribution in [0.4, 0.5) is 5.82 Å². The Hall–Kier alpha value is -2.64. The first-order valence-corrected chi connectivity index (χ1v) is 9.47. The summed E-state index contributed by atoms with van der Waals surface area (Å²) in [5.41, 5.74) is 0. The normalized spacial score (nSPS) is 15.3. The van der Waals surface area contributed by atoms with E-state index in [9.17, 15) is 14.4 Å². The predicted octanol–water partition coefficient (Wildman–Crippen LogP) is 1.27. The van der Waals surface area contributed by atoms with Crippen molar-refractivity contribution in [3.8, 4) is 0 Å². The molecule has 2 amide bonds. The van der Waals surface area contributed by atoms with Crippen LogP contribution in [0.25, 0.3) is 0 Å². The molecule has 27 heavy (non-hydrogen) atoms. The summed E-state index contributed by atoms with van der Waals surface area (Å²) < 4.78 is 0. The number of pyridine rings is 1. The van der Waals surface area contributed by atoms with Gasteiger partial charge in [-0.1, -0.05) is 25.8 Å². The molecule has 2 N–H and O–H groups in total. The Labute approximate surface area is 159 Å². The highest BCUT2D eigenvalue weighted by Gasteiger charge is 2.23. The fraction of sp³-hybridized carbons (Fsp3) is 0.579. The molecule has 0 aliphatic carbocycles. The molecule has 2 rings (SSSR count). The number of aromatic nitrogens is 1. The molecule has 0 radical (unpaired) electrons. The summed E-state index contributed by atoms with van der Waals surface area (Å²) in [6.45, 7) is 4.55. The van der Waals surface area contributed by atoms with E-state index in [1.54, 1.807) is 11.1 Å². The van der Waals surface area contributed by atoms with Crippen LogP contribution in [0.3, 0.4) is 0 Å². The highest BCUT2D eigenvalue weighted by molar-refractivity contribution is 5.87. The van der Waals surface area contributed by atoms with Gasteiger partial charge in [-0.3, -0.25) is 9.59 Å². The van der Waals surface area contributed by atoms with Crippen LogP contribution in [0.2, 0.25) is 0 Å². The molecule has 148 valence electrons. The standard InChI is InChI=1S/C19H28N4O4/c1-2-3-6-15(19(26)27)21-17(24)8-9-18(25)23-13-11-22(12-14-23)16-7-4-5-10-20-16/h4-5,7,10,15H,2-3,6,8-9,11-14H2,1H3,(H,21,24)(H,26,27)/t15-/m0/s1. The number of amides is 2. The Kier molecular flexibility index (Phi) is 8.03. The second kappa shape index (κ2) is 10.5. The van der Waals surface area contributed by atoms with Crippen molar-refractivity contribution in [3.05, 3.63) is 24.4 Å². The number of carboxylic acid groups (broad SMARTS) is 1. The number of nitrogens with zero attached hydrogens (tertiary/aromatic N) is 3. The fourth-order valence-corrected chi connectivity index (χ4v) is 3.04. The van der Waals surface area contributed by atoms with Gasteiger partial charge in [0.25, 0.3) is 0 Å². The van der Waals surface area contributed by atoms with Crippen LogP contribution in [0.15, 0.2) is 24.4 Å². The van der Waals surface area contributed by atoms with Crippen LogP contribution in [-0.2, 0) is 14.4 Å². The van der Waals surface area contributed by atoms with Gasteiger partial charge in [-0.25, -0.2) is 9.78 Å². The van der Waals surface area contributed by atoms with Crippen LogP contribution in [0.1, 0.15) is 39.0 Å². The van der Waals surface area contributed by atoms with Gasteiger partial charge in [0, 0.05) is 45.2 Å². The predicted molar refractivity (Wildman–Crippen MR) is 101 cm³/mol. The molecule has 1 atom stereocenters. The van der Waals surface area contributed by atoms with Gasteiger partial charge in [0.1, 0.15) is 11.9 Å². The minimum Gasteiger partial charge on any atom is -0.480 e. The van der Waals surface area contributed by atoms with Crippen molar-refractivity contribution in [2.75, 3.05) is 31.1 Å². The van der Waals surface area contributed by atoms with Gasteiger partial charge >= 0.3 is 5.97 Å². The molecule has 1 saturated heterocycles. The SMILES string of the molecule is CCCC[C@H](NC(=O)CCC(=O)N1CCN(c2ccccn2)CC1)C(=O)O. The van der Waals surface area contributed by atoms with Gasteiger partial charge < -0.3 is 20.2 Å². The molecule has 2 heterocycles. The maximum absolute atomic E-state index is 12.3. The van der Waals surface area contributed by atoms with Gasteiger partial charge in [-0.05, 0) is 18.6 Å². The van der Waals surface area contributed by atoms with E-state index in [0.29, 0.717) is 32.6 Å². The third-order valence-electron chi connectivity index (χ3n) is 4.65. The maximum atomic E-state index is 12.3. The lowest BCUT2D eigenvalue weighted by Gasteiger charge is -2.35. The number of anilines is 1. The molecule has 8 heteroatoms. The summed E-state index contributed by atoms with van der Waals surface area (Å²) in [5, 5.41) is 11.7. The van der Waals surface area contributed by atoms with Gasteiger partial charge in [0.05, 0.1) is 0 Å². The fourth-order valence-electron chi connectivity index (χ4n) is 3.04. The summed E-state index contributed by atoms with van der Waals surface area (Å²) in [6, 6.07) is 4.86. The zero-order valence-electron chi connectivity index (χ0n) is 15.8. The molecule has 1 aliphatic rings. The topological polar surface area (TPSA) is 103 Å². The average Bonchev–Trinajstić information content (AvgIpc) is 2.69. The molecular weight excluding hydrogens is 348 g/mol. The van der Waals surface area contributed by atoms with Crippen molar-refractivity contribution in [2.45, 2.75) is 45.1 Å². The van der Waals surface area contributed by atoms with Crippen LogP contribution in [0.5, 0.6) is 0 Å². The lowest BCUT2D eigenvalue weighted by molar-refractivity contribution is -0.142. The number of carbonyl (C=O) groups excluding carboxylic acids is 2. The zero-order valence-corrected chi connectivity index (χ0v) is 15.8. The average molecular weight is 376 g/mol. The lowest BCUT2D eigenvalue weighted by Crippen LogP contribution is -2.49. The molecule has 0 unspecified atom stereocenters. The Balaban J connectivity index is 1.72. The van der Waals surface area contributed by atoms with E-state index in [1.807, 2.05) is 25.1 Å². The Bertz CT molecular complexity index is 630. The number of rotatable bonds is 9. The van der Waals surface area contributed by atoms with Crippen molar-refractivity contribution in [2.24, 2.45) is 0 Å². The summed E-state index contributed by atoms with van der Waals surface area (Å²) in [5.74, 6) is -0.602. The van der Waals surface area contributed by atoms with E-state index in [4.69, 9.17) is 5.11 Å². The third kappa shape index (κ3) is 6.54. The molecule has 8 nitrogen and oxygen atoms in total. The summed E-state index contributed by atoms with van der Waals surface area (Å²) >= 11 is 0. The number of nitrogens with one attached hydrogen (secondary N) is 1. The Morgan fingerprint density at radius 2 is 1.93 bits per heavy atom. The lowest BCUT2D eigenvalue weighted by atomic mass is 10.1. The van der Waals surface area contributed by atoms with Gasteiger partial charge in [-0.15, -0.1) is 0 Å². The number of piperazine rings is 1. The first kappa shape index (κ1) is 20.7. The van der Waals surface area contributed by atoms with E-state index in [0.717, 1.165) is 18.7 Å². The zero-order chi connectivity index (χ0) is 19.6. The number of carboxylic acids is 1. The van der Waals surface area contributed by atoms with Crippen molar-refractivity contribution in [1.82, 2.24) is 15.2 Å². The van der Waals surface area contributed by atoms with E-state index >= 15 is 0 Å². The summed E-state index contributed by atoms with van der Waals surface area (Å²) in [6.07, 6.45) is 3.85. The minimum absolute atomic E-state index is 0.00912. The van der Waals surface area contributed by atoms with Crippen LogP contribution in [-0.4, -0.2) is 65.0 Å². The first-order chi connectivity index (χ1) is 13.0. The Morgan fingerprint density at radius 1 is 1.19 bits per heavy atom. The number of hydrogen-bond acceptors (Lipinski definition) is 5.